The molecule has 110 valence electrons. The van der Waals surface area contributed by atoms with Crippen molar-refractivity contribution in [1.29, 1.82) is 0 Å². The quantitative estimate of drug-likeness (QED) is 0.836. The van der Waals surface area contributed by atoms with E-state index >= 15 is 0 Å². The van der Waals surface area contributed by atoms with E-state index in [0.717, 1.165) is 0 Å². The van der Waals surface area contributed by atoms with Gasteiger partial charge in [-0.2, -0.15) is 0 Å². The average Bonchev–Trinajstić information content (AvgIpc) is 2.75. The van der Waals surface area contributed by atoms with Gasteiger partial charge in [-0.3, -0.25) is 0 Å². The van der Waals surface area contributed by atoms with Crippen LogP contribution in [0.25, 0.3) is 0 Å². The fraction of sp³-hybridized carbons (Fsp3) is 0.462. The van der Waals surface area contributed by atoms with Gasteiger partial charge in [0.25, 0.3) is 0 Å². The second-order valence-electron chi connectivity index (χ2n) is 4.79. The largest absolute Gasteiger partial charge is 0.465 e. The van der Waals surface area contributed by atoms with Gasteiger partial charge in [0.2, 0.25) is 0 Å². The molecule has 0 aromatic heterocycles. The molecule has 1 aliphatic rings. The number of hydrogen-bond donors (Lipinski definition) is 1. The Morgan fingerprint density at radius 3 is 2.80 bits per heavy atom. The first-order valence-corrected chi connectivity index (χ1v) is 8.04. The molecular weight excluding hydrogens is 285 g/mol. The molecule has 0 saturated carbocycles. The van der Waals surface area contributed by atoms with E-state index < -0.39 is 21.6 Å². The summed E-state index contributed by atoms with van der Waals surface area (Å²) < 4.78 is 40.8. The molecule has 0 aliphatic carbocycles. The first-order valence-electron chi connectivity index (χ1n) is 6.22. The van der Waals surface area contributed by atoms with E-state index in [-0.39, 0.29) is 23.1 Å². The summed E-state index contributed by atoms with van der Waals surface area (Å²) in [6.07, 6.45) is 0.574. The molecule has 5 nitrogen and oxygen atoms in total. The van der Waals surface area contributed by atoms with Gasteiger partial charge in [0.05, 0.1) is 24.2 Å². The second kappa shape index (κ2) is 5.88. The summed E-state index contributed by atoms with van der Waals surface area (Å²) in [5.74, 6) is -1.05. The minimum atomic E-state index is -2.93. The van der Waals surface area contributed by atoms with Crippen LogP contribution in [0.15, 0.2) is 18.2 Å². The first kappa shape index (κ1) is 14.9. The number of nitrogens with one attached hydrogen (secondary N) is 1. The number of carbonyl (C=O) groups excluding carboxylic acids is 1. The van der Waals surface area contributed by atoms with Crippen LogP contribution in [0.5, 0.6) is 0 Å². The highest BCUT2D eigenvalue weighted by atomic mass is 32.2. The van der Waals surface area contributed by atoms with Crippen LogP contribution < -0.4 is 5.32 Å². The Morgan fingerprint density at radius 2 is 2.25 bits per heavy atom. The van der Waals surface area contributed by atoms with Gasteiger partial charge in [-0.1, -0.05) is 6.07 Å². The van der Waals surface area contributed by atoms with Gasteiger partial charge in [0.15, 0.2) is 9.84 Å². The number of rotatable bonds is 4. The molecule has 2 rings (SSSR count). The monoisotopic (exact) mass is 301 g/mol. The zero-order valence-electron chi connectivity index (χ0n) is 11.1. The maximum absolute atomic E-state index is 13.7. The standard InChI is InChI=1S/C13H16FNO4S/c1-19-13(16)11-3-2-9(6-12(11)14)7-15-10-4-5-20(17,18)8-10/h2-3,6,10,15H,4-5,7-8H2,1H3. The van der Waals surface area contributed by atoms with Crippen LogP contribution in [-0.4, -0.2) is 39.0 Å². The predicted molar refractivity (Wildman–Crippen MR) is 71.6 cm³/mol. The Balaban J connectivity index is 1.98. The second-order valence-corrected chi connectivity index (χ2v) is 7.02. The van der Waals surface area contributed by atoms with E-state index in [1.54, 1.807) is 6.07 Å². The molecule has 1 unspecified atom stereocenters. The molecule has 1 atom stereocenters. The van der Waals surface area contributed by atoms with Gasteiger partial charge >= 0.3 is 5.97 Å². The minimum absolute atomic E-state index is 0.0941. The summed E-state index contributed by atoms with van der Waals surface area (Å²) in [5.41, 5.74) is 0.541. The summed E-state index contributed by atoms with van der Waals surface area (Å²) in [4.78, 5) is 11.2. The van der Waals surface area contributed by atoms with Crippen molar-refractivity contribution in [3.63, 3.8) is 0 Å². The molecule has 1 saturated heterocycles. The van der Waals surface area contributed by atoms with Gasteiger partial charge < -0.3 is 10.1 Å². The summed E-state index contributed by atoms with van der Waals surface area (Å²) in [7, 11) is -1.73. The molecule has 20 heavy (non-hydrogen) atoms. The smallest absolute Gasteiger partial charge is 0.340 e. The normalized spacial score (nSPS) is 20.8. The molecule has 0 spiro atoms. The number of esters is 1. The number of ether oxygens (including phenoxy) is 1. The Morgan fingerprint density at radius 1 is 1.50 bits per heavy atom. The Labute approximate surface area is 117 Å². The van der Waals surface area contributed by atoms with Crippen molar-refractivity contribution in [3.05, 3.63) is 35.1 Å². The number of carbonyl (C=O) groups is 1. The van der Waals surface area contributed by atoms with Crippen molar-refractivity contribution in [1.82, 2.24) is 5.32 Å². The summed E-state index contributed by atoms with van der Waals surface area (Å²) in [5, 5.41) is 3.08. The van der Waals surface area contributed by atoms with E-state index in [1.807, 2.05) is 0 Å². The lowest BCUT2D eigenvalue weighted by atomic mass is 10.1. The lowest BCUT2D eigenvalue weighted by molar-refractivity contribution is 0.0595. The molecule has 7 heteroatoms. The molecule has 0 amide bonds. The van der Waals surface area contributed by atoms with Crippen molar-refractivity contribution in [2.24, 2.45) is 0 Å². The molecule has 1 fully saturated rings. The van der Waals surface area contributed by atoms with Gasteiger partial charge in [-0.15, -0.1) is 0 Å². The molecule has 0 radical (unpaired) electrons. The molecule has 1 aromatic carbocycles. The van der Waals surface area contributed by atoms with E-state index in [2.05, 4.69) is 10.1 Å². The number of halogens is 1. The average molecular weight is 301 g/mol. The Bertz CT molecular complexity index is 615. The predicted octanol–water partition coefficient (Wildman–Crippen LogP) is 0.889. The van der Waals surface area contributed by atoms with Crippen LogP contribution in [0, 0.1) is 5.82 Å². The van der Waals surface area contributed by atoms with Crippen LogP contribution in [0.2, 0.25) is 0 Å². The van der Waals surface area contributed by atoms with E-state index in [0.29, 0.717) is 18.5 Å². The van der Waals surface area contributed by atoms with Gasteiger partial charge in [-0.25, -0.2) is 17.6 Å². The SMILES string of the molecule is COC(=O)c1ccc(CNC2CCS(=O)(=O)C2)cc1F. The topological polar surface area (TPSA) is 72.5 Å². The van der Waals surface area contributed by atoms with Crippen LogP contribution in [0.4, 0.5) is 4.39 Å². The van der Waals surface area contributed by atoms with Gasteiger partial charge in [0.1, 0.15) is 5.82 Å². The van der Waals surface area contributed by atoms with E-state index in [4.69, 9.17) is 0 Å². The Kier molecular flexibility index (Phi) is 4.39. The zero-order chi connectivity index (χ0) is 14.8. The molecule has 0 bridgehead atoms. The van der Waals surface area contributed by atoms with Crippen molar-refractivity contribution in [2.75, 3.05) is 18.6 Å². The molecule has 1 aliphatic heterocycles. The highest BCUT2D eigenvalue weighted by Crippen LogP contribution is 2.14. The number of sulfone groups is 1. The maximum Gasteiger partial charge on any atom is 0.340 e. The molecule has 1 heterocycles. The third kappa shape index (κ3) is 3.55. The van der Waals surface area contributed by atoms with Gasteiger partial charge in [-0.05, 0) is 24.1 Å². The lowest BCUT2D eigenvalue weighted by Crippen LogP contribution is -2.29. The lowest BCUT2D eigenvalue weighted by Gasteiger charge is -2.11. The highest BCUT2D eigenvalue weighted by Gasteiger charge is 2.27. The minimum Gasteiger partial charge on any atom is -0.465 e. The first-order chi connectivity index (χ1) is 9.41. The summed E-state index contributed by atoms with van der Waals surface area (Å²) in [6.45, 7) is 0.360. The fourth-order valence-electron chi connectivity index (χ4n) is 2.16. The van der Waals surface area contributed by atoms with Crippen LogP contribution in [0.1, 0.15) is 22.3 Å². The third-order valence-electron chi connectivity index (χ3n) is 3.27. The van der Waals surface area contributed by atoms with Crippen LogP contribution in [0.3, 0.4) is 0 Å². The van der Waals surface area contributed by atoms with Crippen molar-refractivity contribution in [2.45, 2.75) is 19.0 Å². The maximum atomic E-state index is 13.7. The van der Waals surface area contributed by atoms with Gasteiger partial charge in [0, 0.05) is 12.6 Å². The number of benzene rings is 1. The number of hydrogen-bond acceptors (Lipinski definition) is 5. The highest BCUT2D eigenvalue weighted by molar-refractivity contribution is 7.91. The molecule has 1 aromatic rings. The zero-order valence-corrected chi connectivity index (χ0v) is 11.9. The summed E-state index contributed by atoms with van der Waals surface area (Å²) in [6, 6.07) is 4.14. The number of methoxy groups -OCH3 is 1. The molecule has 1 N–H and O–H groups in total. The van der Waals surface area contributed by atoms with Crippen molar-refractivity contribution in [3.8, 4) is 0 Å². The Hall–Kier alpha value is -1.47. The van der Waals surface area contributed by atoms with E-state index in [1.165, 1.54) is 19.2 Å². The fourth-order valence-corrected chi connectivity index (χ4v) is 3.87. The van der Waals surface area contributed by atoms with Crippen molar-refractivity contribution < 1.29 is 22.3 Å². The molecular formula is C13H16FNO4S. The van der Waals surface area contributed by atoms with Crippen molar-refractivity contribution >= 4 is 15.8 Å². The third-order valence-corrected chi connectivity index (χ3v) is 5.03. The van der Waals surface area contributed by atoms with Crippen LogP contribution in [-0.2, 0) is 21.1 Å². The van der Waals surface area contributed by atoms with E-state index in [9.17, 15) is 17.6 Å². The van der Waals surface area contributed by atoms with Crippen LogP contribution >= 0.6 is 0 Å². The summed E-state index contributed by atoms with van der Waals surface area (Å²) >= 11 is 0.